The standard InChI is InChI=1S/C18H21BrF2/c1-9-2-14(16(21)8-15(9)20)18(19)17-12-4-10-3-11(6-12)7-13(17)5-10/h2,8,10-13,17-18H,3-7H2,1H3. The molecule has 0 heterocycles. The van der Waals surface area contributed by atoms with E-state index in [2.05, 4.69) is 15.9 Å². The Hall–Kier alpha value is -0.440. The molecule has 0 aromatic heterocycles. The van der Waals surface area contributed by atoms with Crippen LogP contribution >= 0.6 is 15.9 Å². The molecule has 4 bridgehead atoms. The van der Waals surface area contributed by atoms with E-state index in [1.54, 1.807) is 13.0 Å². The maximum absolute atomic E-state index is 14.2. The fraction of sp³-hybridized carbons (Fsp3) is 0.667. The van der Waals surface area contributed by atoms with Crippen LogP contribution in [-0.2, 0) is 0 Å². The van der Waals surface area contributed by atoms with Crippen LogP contribution in [-0.4, -0.2) is 0 Å². The van der Waals surface area contributed by atoms with Crippen molar-refractivity contribution in [1.29, 1.82) is 0 Å². The predicted molar refractivity (Wildman–Crippen MR) is 83.3 cm³/mol. The van der Waals surface area contributed by atoms with E-state index >= 15 is 0 Å². The van der Waals surface area contributed by atoms with Gasteiger partial charge in [-0.3, -0.25) is 0 Å². The molecule has 4 fully saturated rings. The lowest BCUT2D eigenvalue weighted by Crippen LogP contribution is -2.46. The summed E-state index contributed by atoms with van der Waals surface area (Å²) in [4.78, 5) is 0.0341. The van der Waals surface area contributed by atoms with Gasteiger partial charge >= 0.3 is 0 Å². The van der Waals surface area contributed by atoms with Gasteiger partial charge in [0.15, 0.2) is 0 Å². The molecule has 0 nitrogen and oxygen atoms in total. The largest absolute Gasteiger partial charge is 0.207 e. The second kappa shape index (κ2) is 5.04. The van der Waals surface area contributed by atoms with E-state index in [0.29, 0.717) is 17.0 Å². The van der Waals surface area contributed by atoms with Gasteiger partial charge in [0.25, 0.3) is 0 Å². The maximum atomic E-state index is 14.2. The summed E-state index contributed by atoms with van der Waals surface area (Å²) in [5.41, 5.74) is 1.20. The Kier molecular flexibility index (Phi) is 3.40. The first-order valence-corrected chi connectivity index (χ1v) is 9.04. The molecule has 1 aromatic rings. The fourth-order valence-electron chi connectivity index (χ4n) is 5.54. The van der Waals surface area contributed by atoms with Gasteiger partial charge < -0.3 is 0 Å². The van der Waals surface area contributed by atoms with E-state index in [1.807, 2.05) is 0 Å². The highest BCUT2D eigenvalue weighted by molar-refractivity contribution is 9.09. The second-order valence-electron chi connectivity index (χ2n) is 7.53. The summed E-state index contributed by atoms with van der Waals surface area (Å²) in [5.74, 6) is 2.99. The molecule has 0 spiro atoms. The van der Waals surface area contributed by atoms with Crippen LogP contribution in [0.4, 0.5) is 8.78 Å². The molecular weight excluding hydrogens is 334 g/mol. The maximum Gasteiger partial charge on any atom is 0.130 e. The van der Waals surface area contributed by atoms with Gasteiger partial charge in [0.05, 0.1) is 0 Å². The number of alkyl halides is 1. The quantitative estimate of drug-likeness (QED) is 0.590. The topological polar surface area (TPSA) is 0 Å². The average Bonchev–Trinajstić information content (AvgIpc) is 2.41. The number of hydrogen-bond donors (Lipinski definition) is 0. The van der Waals surface area contributed by atoms with E-state index in [0.717, 1.165) is 29.7 Å². The van der Waals surface area contributed by atoms with Crippen LogP contribution < -0.4 is 0 Å². The van der Waals surface area contributed by atoms with Gasteiger partial charge in [-0.05, 0) is 80.2 Å². The van der Waals surface area contributed by atoms with E-state index in [4.69, 9.17) is 0 Å². The monoisotopic (exact) mass is 354 g/mol. The molecule has 4 aliphatic carbocycles. The molecule has 1 atom stereocenters. The molecule has 0 radical (unpaired) electrons. The number of halogens is 3. The summed E-state index contributed by atoms with van der Waals surface area (Å²) in [6.45, 7) is 1.72. The minimum atomic E-state index is -0.443. The van der Waals surface area contributed by atoms with Crippen molar-refractivity contribution in [1.82, 2.24) is 0 Å². The first-order valence-electron chi connectivity index (χ1n) is 8.12. The Balaban J connectivity index is 1.66. The highest BCUT2D eigenvalue weighted by Crippen LogP contribution is 2.61. The van der Waals surface area contributed by atoms with Crippen molar-refractivity contribution in [3.05, 3.63) is 34.9 Å². The molecular formula is C18H21BrF2. The normalized spacial score (nSPS) is 38.8. The second-order valence-corrected chi connectivity index (χ2v) is 8.52. The molecule has 5 rings (SSSR count). The van der Waals surface area contributed by atoms with E-state index in [1.165, 1.54) is 32.1 Å². The van der Waals surface area contributed by atoms with Crippen molar-refractivity contribution in [3.8, 4) is 0 Å². The van der Waals surface area contributed by atoms with Crippen LogP contribution in [0.2, 0.25) is 0 Å². The molecule has 0 N–H and O–H groups in total. The van der Waals surface area contributed by atoms with Crippen LogP contribution in [0.5, 0.6) is 0 Å². The highest BCUT2D eigenvalue weighted by atomic mass is 79.9. The highest BCUT2D eigenvalue weighted by Gasteiger charge is 2.50. The predicted octanol–water partition coefficient (Wildman–Crippen LogP) is 5.78. The van der Waals surface area contributed by atoms with E-state index in [9.17, 15) is 8.78 Å². The third-order valence-corrected chi connectivity index (χ3v) is 7.32. The van der Waals surface area contributed by atoms with Crippen molar-refractivity contribution in [2.24, 2.45) is 29.6 Å². The molecule has 0 amide bonds. The molecule has 4 saturated carbocycles. The SMILES string of the molecule is Cc1cc(C(Br)C2C3CC4CC(C3)CC2C4)c(F)cc1F. The minimum absolute atomic E-state index is 0.0341. The lowest BCUT2D eigenvalue weighted by Gasteiger charge is -2.55. The molecule has 114 valence electrons. The molecule has 3 heteroatoms. The molecule has 1 unspecified atom stereocenters. The van der Waals surface area contributed by atoms with Crippen LogP contribution in [0.25, 0.3) is 0 Å². The van der Waals surface area contributed by atoms with Crippen molar-refractivity contribution >= 4 is 15.9 Å². The van der Waals surface area contributed by atoms with Gasteiger partial charge in [-0.25, -0.2) is 8.78 Å². The molecule has 0 aliphatic heterocycles. The zero-order chi connectivity index (χ0) is 14.7. The summed E-state index contributed by atoms with van der Waals surface area (Å²) in [7, 11) is 0. The molecule has 21 heavy (non-hydrogen) atoms. The third-order valence-electron chi connectivity index (χ3n) is 6.21. The van der Waals surface area contributed by atoms with Crippen LogP contribution in [0.3, 0.4) is 0 Å². The Morgan fingerprint density at radius 3 is 2.10 bits per heavy atom. The number of benzene rings is 1. The summed E-state index contributed by atoms with van der Waals surface area (Å²) < 4.78 is 27.7. The van der Waals surface area contributed by atoms with Gasteiger partial charge in [0.2, 0.25) is 0 Å². The van der Waals surface area contributed by atoms with Crippen molar-refractivity contribution in [3.63, 3.8) is 0 Å². The Bertz CT molecular complexity index is 541. The Morgan fingerprint density at radius 1 is 0.952 bits per heavy atom. The zero-order valence-electron chi connectivity index (χ0n) is 12.3. The number of rotatable bonds is 2. The Labute approximate surface area is 133 Å². The van der Waals surface area contributed by atoms with Crippen LogP contribution in [0.1, 0.15) is 48.1 Å². The first-order chi connectivity index (χ1) is 10.0. The zero-order valence-corrected chi connectivity index (χ0v) is 13.9. The van der Waals surface area contributed by atoms with Crippen LogP contribution in [0, 0.1) is 48.1 Å². The molecule has 4 aliphatic rings. The van der Waals surface area contributed by atoms with Crippen molar-refractivity contribution in [2.45, 2.75) is 43.9 Å². The van der Waals surface area contributed by atoms with Crippen molar-refractivity contribution < 1.29 is 8.78 Å². The van der Waals surface area contributed by atoms with E-state index in [-0.39, 0.29) is 4.83 Å². The number of hydrogen-bond acceptors (Lipinski definition) is 0. The lowest BCUT2D eigenvalue weighted by molar-refractivity contribution is -0.0367. The first kappa shape index (κ1) is 14.2. The molecule has 0 saturated heterocycles. The third kappa shape index (κ3) is 2.27. The molecule has 1 aromatic carbocycles. The summed E-state index contributed by atoms with van der Waals surface area (Å²) >= 11 is 3.78. The summed E-state index contributed by atoms with van der Waals surface area (Å²) in [6.07, 6.45) is 6.71. The lowest BCUT2D eigenvalue weighted by atomic mass is 9.51. The average molecular weight is 355 g/mol. The summed E-state index contributed by atoms with van der Waals surface area (Å²) in [6, 6.07) is 2.75. The number of aryl methyl sites for hydroxylation is 1. The Morgan fingerprint density at radius 2 is 1.52 bits per heavy atom. The van der Waals surface area contributed by atoms with Gasteiger partial charge in [0.1, 0.15) is 11.6 Å². The fourth-order valence-corrected chi connectivity index (χ4v) is 6.76. The smallest absolute Gasteiger partial charge is 0.130 e. The van der Waals surface area contributed by atoms with E-state index < -0.39 is 11.6 Å². The summed E-state index contributed by atoms with van der Waals surface area (Å²) in [5, 5.41) is 0. The van der Waals surface area contributed by atoms with Gasteiger partial charge in [-0.2, -0.15) is 0 Å². The van der Waals surface area contributed by atoms with Crippen molar-refractivity contribution in [2.75, 3.05) is 0 Å². The van der Waals surface area contributed by atoms with Gasteiger partial charge in [-0.1, -0.05) is 15.9 Å². The minimum Gasteiger partial charge on any atom is -0.207 e. The van der Waals surface area contributed by atoms with Crippen LogP contribution in [0.15, 0.2) is 12.1 Å². The van der Waals surface area contributed by atoms with Gasteiger partial charge in [-0.15, -0.1) is 0 Å². The van der Waals surface area contributed by atoms with Gasteiger partial charge in [0, 0.05) is 16.5 Å².